The van der Waals surface area contributed by atoms with E-state index in [4.69, 9.17) is 5.11 Å². The number of pyridine rings is 1. The Morgan fingerprint density at radius 1 is 1.53 bits per heavy atom. The molecule has 0 atom stereocenters. The van der Waals surface area contributed by atoms with E-state index in [2.05, 4.69) is 0 Å². The zero-order chi connectivity index (χ0) is 12.5. The first-order valence-electron chi connectivity index (χ1n) is 5.55. The fourth-order valence-corrected chi connectivity index (χ4v) is 3.05. The Morgan fingerprint density at radius 3 is 2.71 bits per heavy atom. The molecule has 17 heavy (non-hydrogen) atoms. The molecule has 0 saturated heterocycles. The molecule has 1 fully saturated rings. The second kappa shape index (κ2) is 4.56. The largest absolute Gasteiger partial charge is 0.478 e. The fraction of sp³-hybridized carbons (Fsp3) is 0.500. The van der Waals surface area contributed by atoms with Gasteiger partial charge in [-0.2, -0.15) is 11.8 Å². The van der Waals surface area contributed by atoms with Crippen LogP contribution in [0.15, 0.2) is 23.1 Å². The molecule has 1 aromatic rings. The van der Waals surface area contributed by atoms with Crippen molar-refractivity contribution in [3.63, 3.8) is 0 Å². The Kier molecular flexibility index (Phi) is 3.28. The summed E-state index contributed by atoms with van der Waals surface area (Å²) in [7, 11) is 0. The highest BCUT2D eigenvalue weighted by Crippen LogP contribution is 2.43. The molecular formula is C12H15NO3S. The Morgan fingerprint density at radius 2 is 2.24 bits per heavy atom. The highest BCUT2D eigenvalue weighted by Gasteiger charge is 2.36. The van der Waals surface area contributed by atoms with Crippen LogP contribution >= 0.6 is 11.8 Å². The van der Waals surface area contributed by atoms with E-state index < -0.39 is 5.97 Å². The van der Waals surface area contributed by atoms with Crippen molar-refractivity contribution in [2.24, 2.45) is 0 Å². The molecule has 92 valence electrons. The minimum atomic E-state index is -0.995. The predicted molar refractivity (Wildman–Crippen MR) is 67.8 cm³/mol. The summed E-state index contributed by atoms with van der Waals surface area (Å²) in [5.74, 6) is -0.995. The van der Waals surface area contributed by atoms with Gasteiger partial charge in [0, 0.05) is 23.6 Å². The molecule has 0 aliphatic heterocycles. The molecule has 0 bridgehead atoms. The molecule has 5 heteroatoms. The van der Waals surface area contributed by atoms with E-state index in [-0.39, 0.29) is 15.9 Å². The number of carboxylic acid groups (broad SMARTS) is 1. The van der Waals surface area contributed by atoms with Crippen LogP contribution in [0.2, 0.25) is 0 Å². The van der Waals surface area contributed by atoms with Gasteiger partial charge < -0.3 is 9.67 Å². The van der Waals surface area contributed by atoms with Crippen LogP contribution in [0.5, 0.6) is 0 Å². The number of hydrogen-bond donors (Lipinski definition) is 1. The zero-order valence-corrected chi connectivity index (χ0v) is 10.5. The minimum absolute atomic E-state index is 0.126. The Hall–Kier alpha value is -1.23. The number of carboxylic acids is 1. The van der Waals surface area contributed by atoms with Gasteiger partial charge in [0.2, 0.25) is 0 Å². The van der Waals surface area contributed by atoms with E-state index in [1.807, 2.05) is 6.26 Å². The van der Waals surface area contributed by atoms with Crippen LogP contribution < -0.4 is 5.56 Å². The number of aromatic nitrogens is 1. The van der Waals surface area contributed by atoms with Crippen molar-refractivity contribution < 1.29 is 9.90 Å². The normalized spacial score (nSPS) is 17.5. The van der Waals surface area contributed by atoms with Crippen molar-refractivity contribution in [1.29, 1.82) is 0 Å². The lowest BCUT2D eigenvalue weighted by atomic mass is 9.84. The van der Waals surface area contributed by atoms with Crippen molar-refractivity contribution in [3.05, 3.63) is 34.2 Å². The number of thioether (sulfide) groups is 1. The highest BCUT2D eigenvalue weighted by atomic mass is 32.2. The second-order valence-corrected chi connectivity index (χ2v) is 5.70. The van der Waals surface area contributed by atoms with Gasteiger partial charge in [-0.25, -0.2) is 4.79 Å². The molecule has 0 unspecified atom stereocenters. The summed E-state index contributed by atoms with van der Waals surface area (Å²) in [4.78, 5) is 22.6. The van der Waals surface area contributed by atoms with Gasteiger partial charge in [-0.1, -0.05) is 6.42 Å². The standard InChI is InChI=1S/C12H15NO3S/c1-17-12(5-2-6-12)8-13-7-9(11(15)16)3-4-10(13)14/h3-4,7H,2,5-6,8H2,1H3,(H,15,16). The van der Waals surface area contributed by atoms with Gasteiger partial charge in [0.05, 0.1) is 5.56 Å². The van der Waals surface area contributed by atoms with E-state index in [1.54, 1.807) is 11.8 Å². The van der Waals surface area contributed by atoms with E-state index in [0.29, 0.717) is 6.54 Å². The predicted octanol–water partition coefficient (Wildman–Crippen LogP) is 1.83. The van der Waals surface area contributed by atoms with Crippen LogP contribution in [-0.2, 0) is 6.54 Å². The summed E-state index contributed by atoms with van der Waals surface area (Å²) in [6.07, 6.45) is 6.87. The lowest BCUT2D eigenvalue weighted by Gasteiger charge is -2.40. The molecule has 1 heterocycles. The lowest BCUT2D eigenvalue weighted by Crippen LogP contribution is -2.40. The van der Waals surface area contributed by atoms with Gasteiger partial charge in [0.15, 0.2) is 0 Å². The minimum Gasteiger partial charge on any atom is -0.478 e. The Bertz CT molecular complexity index is 485. The maximum Gasteiger partial charge on any atom is 0.337 e. The lowest BCUT2D eigenvalue weighted by molar-refractivity contribution is 0.0695. The summed E-state index contributed by atoms with van der Waals surface area (Å²) in [6, 6.07) is 2.68. The first-order chi connectivity index (χ1) is 8.06. The van der Waals surface area contributed by atoms with Gasteiger partial charge in [-0.15, -0.1) is 0 Å². The maximum absolute atomic E-state index is 11.7. The van der Waals surface area contributed by atoms with E-state index in [0.717, 1.165) is 12.8 Å². The molecular weight excluding hydrogens is 238 g/mol. The van der Waals surface area contributed by atoms with Crippen LogP contribution in [0, 0.1) is 0 Å². The molecule has 1 aliphatic rings. The number of rotatable bonds is 4. The van der Waals surface area contributed by atoms with Crippen molar-refractivity contribution in [3.8, 4) is 0 Å². The number of hydrogen-bond acceptors (Lipinski definition) is 3. The second-order valence-electron chi connectivity index (χ2n) is 4.43. The third-order valence-electron chi connectivity index (χ3n) is 3.39. The third-order valence-corrected chi connectivity index (χ3v) is 4.79. The Balaban J connectivity index is 2.28. The van der Waals surface area contributed by atoms with Gasteiger partial charge in [0.25, 0.3) is 5.56 Å². The first-order valence-corrected chi connectivity index (χ1v) is 6.78. The van der Waals surface area contributed by atoms with Crippen LogP contribution in [-0.4, -0.2) is 26.6 Å². The van der Waals surface area contributed by atoms with E-state index >= 15 is 0 Å². The SMILES string of the molecule is CSC1(Cn2cc(C(=O)O)ccc2=O)CCC1. The molecule has 4 nitrogen and oxygen atoms in total. The van der Waals surface area contributed by atoms with Crippen molar-refractivity contribution in [2.75, 3.05) is 6.26 Å². The molecule has 1 N–H and O–H groups in total. The molecule has 0 amide bonds. The van der Waals surface area contributed by atoms with Gasteiger partial charge in [-0.05, 0) is 25.2 Å². The maximum atomic E-state index is 11.7. The van der Waals surface area contributed by atoms with Crippen molar-refractivity contribution in [2.45, 2.75) is 30.6 Å². The smallest absolute Gasteiger partial charge is 0.337 e. The monoisotopic (exact) mass is 253 g/mol. The topological polar surface area (TPSA) is 59.3 Å². The Labute approximate surface area is 104 Å². The van der Waals surface area contributed by atoms with E-state index in [1.165, 1.54) is 29.3 Å². The highest BCUT2D eigenvalue weighted by molar-refractivity contribution is 8.00. The molecule has 1 aliphatic carbocycles. The average molecular weight is 253 g/mol. The molecule has 0 spiro atoms. The van der Waals surface area contributed by atoms with Gasteiger partial charge in [0.1, 0.15) is 0 Å². The molecule has 0 aromatic carbocycles. The number of nitrogens with zero attached hydrogens (tertiary/aromatic N) is 1. The quantitative estimate of drug-likeness (QED) is 0.889. The zero-order valence-electron chi connectivity index (χ0n) is 9.68. The summed E-state index contributed by atoms with van der Waals surface area (Å²) in [5, 5.41) is 8.91. The van der Waals surface area contributed by atoms with Crippen molar-refractivity contribution >= 4 is 17.7 Å². The summed E-state index contributed by atoms with van der Waals surface area (Å²) in [6.45, 7) is 0.605. The third kappa shape index (κ3) is 2.39. The molecule has 0 radical (unpaired) electrons. The van der Waals surface area contributed by atoms with Crippen LogP contribution in [0.4, 0.5) is 0 Å². The molecule has 1 saturated carbocycles. The number of carbonyl (C=O) groups is 1. The summed E-state index contributed by atoms with van der Waals surface area (Å²) >= 11 is 1.77. The van der Waals surface area contributed by atoms with Gasteiger partial charge in [-0.3, -0.25) is 4.79 Å². The number of aromatic carboxylic acids is 1. The average Bonchev–Trinajstić information content (AvgIpc) is 2.25. The summed E-state index contributed by atoms with van der Waals surface area (Å²) in [5.41, 5.74) is 0.0375. The fourth-order valence-electron chi connectivity index (χ4n) is 2.09. The van der Waals surface area contributed by atoms with Crippen molar-refractivity contribution in [1.82, 2.24) is 4.57 Å². The molecule has 2 rings (SSSR count). The van der Waals surface area contributed by atoms with Crippen LogP contribution in [0.3, 0.4) is 0 Å². The van der Waals surface area contributed by atoms with Gasteiger partial charge >= 0.3 is 5.97 Å². The van der Waals surface area contributed by atoms with Crippen LogP contribution in [0.25, 0.3) is 0 Å². The van der Waals surface area contributed by atoms with Crippen LogP contribution in [0.1, 0.15) is 29.6 Å². The summed E-state index contributed by atoms with van der Waals surface area (Å²) < 4.78 is 1.65. The van der Waals surface area contributed by atoms with E-state index in [9.17, 15) is 9.59 Å². The first kappa shape index (κ1) is 12.2. The molecule has 1 aromatic heterocycles.